The smallest absolute Gasteiger partial charge is 0.254 e. The van der Waals surface area contributed by atoms with Crippen LogP contribution < -0.4 is 10.2 Å². The number of halogens is 1. The summed E-state index contributed by atoms with van der Waals surface area (Å²) in [6.45, 7) is 0.103. The predicted molar refractivity (Wildman–Crippen MR) is 128 cm³/mol. The monoisotopic (exact) mass is 518 g/mol. The molecular weight excluding hydrogens is 495 g/mol. The average molecular weight is 519 g/mol. The van der Waals surface area contributed by atoms with E-state index in [0.717, 1.165) is 0 Å². The largest absolute Gasteiger partial charge is 0.457 e. The molecule has 1 fully saturated rings. The van der Waals surface area contributed by atoms with Gasteiger partial charge in [0.25, 0.3) is 5.91 Å². The van der Waals surface area contributed by atoms with E-state index >= 15 is 0 Å². The van der Waals surface area contributed by atoms with Crippen molar-refractivity contribution in [2.45, 2.75) is 17.6 Å². The third kappa shape index (κ3) is 5.21. The Hall–Kier alpha value is -3.28. The number of hydrogen-bond acceptors (Lipinski definition) is 7. The number of hydroxylamine groups is 1. The lowest BCUT2D eigenvalue weighted by molar-refractivity contribution is -0.130. The lowest BCUT2D eigenvalue weighted by Gasteiger charge is -2.32. The molecule has 184 valence electrons. The van der Waals surface area contributed by atoms with Gasteiger partial charge in [-0.2, -0.15) is 11.3 Å². The summed E-state index contributed by atoms with van der Waals surface area (Å²) in [6, 6.07) is 13.3. The zero-order valence-electron chi connectivity index (χ0n) is 18.5. The molecule has 2 heterocycles. The first kappa shape index (κ1) is 24.8. The molecule has 3 aromatic rings. The number of rotatable bonds is 6. The van der Waals surface area contributed by atoms with E-state index in [9.17, 15) is 22.4 Å². The van der Waals surface area contributed by atoms with Crippen LogP contribution in [0, 0.1) is 5.82 Å². The second kappa shape index (κ2) is 10.1. The Labute approximate surface area is 205 Å². The van der Waals surface area contributed by atoms with Crippen LogP contribution >= 0.6 is 11.3 Å². The molecule has 2 N–H and O–H groups in total. The molecule has 4 rings (SSSR count). The second-order valence-electron chi connectivity index (χ2n) is 8.16. The Kier molecular flexibility index (Phi) is 7.20. The summed E-state index contributed by atoms with van der Waals surface area (Å²) in [7, 11) is -3.94. The lowest BCUT2D eigenvalue weighted by atomic mass is 9.90. The van der Waals surface area contributed by atoms with Crippen molar-refractivity contribution < 1.29 is 32.3 Å². The van der Waals surface area contributed by atoms with Gasteiger partial charge < -0.3 is 9.64 Å². The molecule has 35 heavy (non-hydrogen) atoms. The first-order valence-corrected chi connectivity index (χ1v) is 13.3. The maximum atomic E-state index is 13.6. The molecule has 2 amide bonds. The third-order valence-corrected chi connectivity index (χ3v) is 9.24. The van der Waals surface area contributed by atoms with Crippen LogP contribution in [0.4, 0.5) is 4.39 Å². The number of benzene rings is 2. The standard InChI is InChI=1S/C24H23FN2O6S2/c25-19-3-7-21(8-4-19)33-20-5-1-18(2-6-20)24(15-22(28)26-30)10-11-27(12-14-35(24,31)32)23(29)17-9-13-34-16-17/h1-9,13,16,30H,10-12,14-15H2,(H,26,28). The summed E-state index contributed by atoms with van der Waals surface area (Å²) in [6.07, 6.45) is -0.540. The van der Waals surface area contributed by atoms with Crippen LogP contribution in [0.5, 0.6) is 11.5 Å². The van der Waals surface area contributed by atoms with Crippen LogP contribution in [0.1, 0.15) is 28.8 Å². The highest BCUT2D eigenvalue weighted by Crippen LogP contribution is 2.41. The molecule has 1 aromatic heterocycles. The molecule has 0 aliphatic carbocycles. The zero-order valence-corrected chi connectivity index (χ0v) is 20.1. The lowest BCUT2D eigenvalue weighted by Crippen LogP contribution is -2.42. The number of carbonyl (C=O) groups excluding carboxylic acids is 2. The molecule has 1 aliphatic rings. The normalized spacial score (nSPS) is 19.5. The zero-order chi connectivity index (χ0) is 25.1. The van der Waals surface area contributed by atoms with Gasteiger partial charge in [0, 0.05) is 18.5 Å². The average Bonchev–Trinajstić information content (AvgIpc) is 3.35. The molecule has 1 aliphatic heterocycles. The van der Waals surface area contributed by atoms with Gasteiger partial charge in [-0.1, -0.05) is 12.1 Å². The van der Waals surface area contributed by atoms with Gasteiger partial charge in [-0.05, 0) is 59.8 Å². The van der Waals surface area contributed by atoms with E-state index in [4.69, 9.17) is 9.94 Å². The summed E-state index contributed by atoms with van der Waals surface area (Å²) in [5.41, 5.74) is 2.36. The minimum Gasteiger partial charge on any atom is -0.457 e. The van der Waals surface area contributed by atoms with Crippen molar-refractivity contribution >= 4 is 33.0 Å². The van der Waals surface area contributed by atoms with Gasteiger partial charge in [-0.25, -0.2) is 18.3 Å². The van der Waals surface area contributed by atoms with Crippen LogP contribution in [-0.4, -0.2) is 49.2 Å². The molecule has 0 spiro atoms. The molecule has 8 nitrogen and oxygen atoms in total. The van der Waals surface area contributed by atoms with Gasteiger partial charge in [0.05, 0.1) is 17.7 Å². The number of thiophene rings is 1. The molecule has 2 aromatic carbocycles. The first-order valence-electron chi connectivity index (χ1n) is 10.7. The van der Waals surface area contributed by atoms with Crippen molar-refractivity contribution in [3.63, 3.8) is 0 Å². The highest BCUT2D eigenvalue weighted by Gasteiger charge is 2.48. The van der Waals surface area contributed by atoms with Gasteiger partial charge >= 0.3 is 0 Å². The van der Waals surface area contributed by atoms with Crippen molar-refractivity contribution in [2.75, 3.05) is 18.8 Å². The summed E-state index contributed by atoms with van der Waals surface area (Å²) < 4.78 is 44.3. The first-order chi connectivity index (χ1) is 16.7. The fourth-order valence-corrected chi connectivity index (χ4v) is 6.90. The van der Waals surface area contributed by atoms with Crippen molar-refractivity contribution in [2.24, 2.45) is 0 Å². The topological polar surface area (TPSA) is 113 Å². The van der Waals surface area contributed by atoms with E-state index in [2.05, 4.69) is 0 Å². The summed E-state index contributed by atoms with van der Waals surface area (Å²) in [5, 5.41) is 12.6. The summed E-state index contributed by atoms with van der Waals surface area (Å²) in [5.74, 6) is -1.07. The van der Waals surface area contributed by atoms with Crippen LogP contribution in [0.15, 0.2) is 65.4 Å². The minimum atomic E-state index is -3.94. The van der Waals surface area contributed by atoms with Crippen LogP contribution in [-0.2, 0) is 19.4 Å². The van der Waals surface area contributed by atoms with Gasteiger partial charge in [0.15, 0.2) is 9.84 Å². The van der Waals surface area contributed by atoms with Crippen LogP contribution in [0.25, 0.3) is 0 Å². The molecule has 1 saturated heterocycles. The van der Waals surface area contributed by atoms with E-state index < -0.39 is 32.7 Å². The van der Waals surface area contributed by atoms with Crippen molar-refractivity contribution in [3.8, 4) is 11.5 Å². The quantitative estimate of drug-likeness (QED) is 0.380. The Morgan fingerprint density at radius 2 is 1.71 bits per heavy atom. The Balaban J connectivity index is 1.65. The number of hydrogen-bond donors (Lipinski definition) is 2. The van der Waals surface area contributed by atoms with Gasteiger partial charge in [-0.3, -0.25) is 14.8 Å². The van der Waals surface area contributed by atoms with E-state index in [1.54, 1.807) is 41.1 Å². The molecular formula is C24H23FN2O6S2. The Bertz CT molecular complexity index is 1290. The summed E-state index contributed by atoms with van der Waals surface area (Å²) >= 11 is 1.37. The number of amides is 2. The number of carbonyl (C=O) groups is 2. The number of ether oxygens (including phenoxy) is 1. The van der Waals surface area contributed by atoms with Gasteiger partial charge in [0.2, 0.25) is 5.91 Å². The predicted octanol–water partition coefficient (Wildman–Crippen LogP) is 3.73. The Morgan fingerprint density at radius 1 is 1.06 bits per heavy atom. The number of nitrogens with one attached hydrogen (secondary N) is 1. The molecule has 0 bridgehead atoms. The molecule has 0 saturated carbocycles. The number of nitrogens with zero attached hydrogens (tertiary/aromatic N) is 1. The molecule has 11 heteroatoms. The minimum absolute atomic E-state index is 0.00866. The van der Waals surface area contributed by atoms with Crippen LogP contribution in [0.3, 0.4) is 0 Å². The highest BCUT2D eigenvalue weighted by atomic mass is 32.2. The molecule has 1 unspecified atom stereocenters. The van der Waals surface area contributed by atoms with E-state index in [-0.39, 0.29) is 31.2 Å². The summed E-state index contributed by atoms with van der Waals surface area (Å²) in [4.78, 5) is 26.6. The SMILES string of the molecule is O=C(CC1(c2ccc(Oc3ccc(F)cc3)cc2)CCN(C(=O)c2ccsc2)CCS1(=O)=O)NO. The van der Waals surface area contributed by atoms with E-state index in [1.807, 2.05) is 0 Å². The van der Waals surface area contributed by atoms with Crippen molar-refractivity contribution in [1.29, 1.82) is 0 Å². The Morgan fingerprint density at radius 3 is 2.31 bits per heavy atom. The van der Waals surface area contributed by atoms with Gasteiger partial charge in [-0.15, -0.1) is 0 Å². The fourth-order valence-electron chi connectivity index (χ4n) is 4.17. The third-order valence-electron chi connectivity index (χ3n) is 6.07. The maximum Gasteiger partial charge on any atom is 0.254 e. The molecule has 0 radical (unpaired) electrons. The van der Waals surface area contributed by atoms with Gasteiger partial charge in [0.1, 0.15) is 22.1 Å². The number of sulfone groups is 1. The second-order valence-corrected chi connectivity index (χ2v) is 11.4. The van der Waals surface area contributed by atoms with E-state index in [0.29, 0.717) is 22.6 Å². The van der Waals surface area contributed by atoms with Crippen LogP contribution in [0.2, 0.25) is 0 Å². The highest BCUT2D eigenvalue weighted by molar-refractivity contribution is 7.92. The fraction of sp³-hybridized carbons (Fsp3) is 0.250. The van der Waals surface area contributed by atoms with Crippen molar-refractivity contribution in [3.05, 3.63) is 82.3 Å². The maximum absolute atomic E-state index is 13.6. The van der Waals surface area contributed by atoms with E-state index in [1.165, 1.54) is 46.0 Å². The van der Waals surface area contributed by atoms with Crippen molar-refractivity contribution in [1.82, 2.24) is 10.4 Å². The molecule has 1 atom stereocenters.